The molecule has 1 aromatic carbocycles. The molecule has 1 rings (SSSR count). The molecule has 0 radical (unpaired) electrons. The predicted molar refractivity (Wildman–Crippen MR) is 79.1 cm³/mol. The van der Waals surface area contributed by atoms with Gasteiger partial charge in [0.15, 0.2) is 9.84 Å². The van der Waals surface area contributed by atoms with E-state index in [1.54, 1.807) is 0 Å². The van der Waals surface area contributed by atoms with Crippen molar-refractivity contribution in [2.45, 2.75) is 24.2 Å². The fourth-order valence-electron chi connectivity index (χ4n) is 1.64. The normalized spacial score (nSPS) is 12.1. The van der Waals surface area contributed by atoms with Crippen LogP contribution in [0.5, 0.6) is 0 Å². The zero-order valence-corrected chi connectivity index (χ0v) is 12.6. The Morgan fingerprint density at radius 3 is 2.43 bits per heavy atom. The second-order valence-corrected chi connectivity index (χ2v) is 6.62. The standard InChI is InChI=1S/C13H19N3O4S/c1-21(19,20)11-7-5-10(6-8-11)13(17)15-9-3-2-4-12(14)16-18/h5-8,18H,2-4,9H2,1H3,(H2,14,16)(H,15,17). The van der Waals surface area contributed by atoms with E-state index in [1.807, 2.05) is 0 Å². The third-order valence-electron chi connectivity index (χ3n) is 2.82. The van der Waals surface area contributed by atoms with E-state index in [1.165, 1.54) is 24.3 Å². The molecule has 1 amide bonds. The first-order chi connectivity index (χ1) is 9.84. The highest BCUT2D eigenvalue weighted by molar-refractivity contribution is 7.90. The van der Waals surface area contributed by atoms with Gasteiger partial charge in [0.1, 0.15) is 5.84 Å². The number of benzene rings is 1. The van der Waals surface area contributed by atoms with Gasteiger partial charge in [-0.25, -0.2) is 8.42 Å². The minimum Gasteiger partial charge on any atom is -0.409 e. The molecule has 0 heterocycles. The van der Waals surface area contributed by atoms with Crippen LogP contribution < -0.4 is 11.1 Å². The molecule has 0 spiro atoms. The minimum absolute atomic E-state index is 0.165. The van der Waals surface area contributed by atoms with Crippen LogP contribution >= 0.6 is 0 Å². The molecule has 0 unspecified atom stereocenters. The molecule has 0 aliphatic heterocycles. The van der Waals surface area contributed by atoms with Crippen molar-refractivity contribution >= 4 is 21.6 Å². The van der Waals surface area contributed by atoms with Crippen LogP contribution in [-0.4, -0.2) is 38.2 Å². The van der Waals surface area contributed by atoms with Gasteiger partial charge in [-0.15, -0.1) is 0 Å². The number of carbonyl (C=O) groups excluding carboxylic acids is 1. The van der Waals surface area contributed by atoms with Crippen molar-refractivity contribution < 1.29 is 18.4 Å². The molecule has 7 nitrogen and oxygen atoms in total. The highest BCUT2D eigenvalue weighted by Crippen LogP contribution is 2.10. The number of unbranched alkanes of at least 4 members (excludes halogenated alkanes) is 1. The number of nitrogens with zero attached hydrogens (tertiary/aromatic N) is 1. The lowest BCUT2D eigenvalue weighted by atomic mass is 10.2. The molecule has 0 atom stereocenters. The summed E-state index contributed by atoms with van der Waals surface area (Å²) in [6.45, 7) is 0.464. The van der Waals surface area contributed by atoms with Gasteiger partial charge < -0.3 is 16.3 Å². The number of nitrogens with one attached hydrogen (secondary N) is 1. The Hall–Kier alpha value is -2.09. The van der Waals surface area contributed by atoms with Gasteiger partial charge in [0.05, 0.1) is 4.90 Å². The monoisotopic (exact) mass is 313 g/mol. The average molecular weight is 313 g/mol. The van der Waals surface area contributed by atoms with Gasteiger partial charge in [0.25, 0.3) is 5.91 Å². The van der Waals surface area contributed by atoms with Crippen LogP contribution in [0.25, 0.3) is 0 Å². The molecule has 0 bridgehead atoms. The van der Waals surface area contributed by atoms with E-state index in [-0.39, 0.29) is 16.6 Å². The molecule has 4 N–H and O–H groups in total. The highest BCUT2D eigenvalue weighted by Gasteiger charge is 2.09. The zero-order valence-electron chi connectivity index (χ0n) is 11.7. The van der Waals surface area contributed by atoms with Gasteiger partial charge in [-0.05, 0) is 37.1 Å². The molecule has 0 fully saturated rings. The van der Waals surface area contributed by atoms with E-state index in [9.17, 15) is 13.2 Å². The lowest BCUT2D eigenvalue weighted by Gasteiger charge is -2.06. The van der Waals surface area contributed by atoms with Crippen molar-refractivity contribution in [3.05, 3.63) is 29.8 Å². The number of amidine groups is 1. The summed E-state index contributed by atoms with van der Waals surface area (Å²) >= 11 is 0. The van der Waals surface area contributed by atoms with Crippen molar-refractivity contribution in [2.75, 3.05) is 12.8 Å². The maximum atomic E-state index is 11.8. The fourth-order valence-corrected chi connectivity index (χ4v) is 2.27. The summed E-state index contributed by atoms with van der Waals surface area (Å²) in [7, 11) is -3.26. The molecule has 0 saturated heterocycles. The number of hydrogen-bond donors (Lipinski definition) is 3. The van der Waals surface area contributed by atoms with Gasteiger partial charge in [0, 0.05) is 24.8 Å². The molecule has 8 heteroatoms. The molecule has 0 aromatic heterocycles. The second-order valence-electron chi connectivity index (χ2n) is 4.60. The Kier molecular flexibility index (Phi) is 6.16. The van der Waals surface area contributed by atoms with Crippen LogP contribution in [0.1, 0.15) is 29.6 Å². The molecular weight excluding hydrogens is 294 g/mol. The molecule has 0 aliphatic carbocycles. The van der Waals surface area contributed by atoms with E-state index in [0.717, 1.165) is 6.26 Å². The largest absolute Gasteiger partial charge is 0.409 e. The van der Waals surface area contributed by atoms with Crippen molar-refractivity contribution in [1.82, 2.24) is 5.32 Å². The predicted octanol–water partition coefficient (Wildman–Crippen LogP) is 0.737. The average Bonchev–Trinajstić information content (AvgIpc) is 2.45. The maximum Gasteiger partial charge on any atom is 0.251 e. The van der Waals surface area contributed by atoms with Gasteiger partial charge in [-0.3, -0.25) is 4.79 Å². The SMILES string of the molecule is CS(=O)(=O)c1ccc(C(=O)NCCCCC(N)=NO)cc1. The van der Waals surface area contributed by atoms with E-state index >= 15 is 0 Å². The molecule has 1 aromatic rings. The lowest BCUT2D eigenvalue weighted by Crippen LogP contribution is -2.24. The quantitative estimate of drug-likeness (QED) is 0.225. The summed E-state index contributed by atoms with van der Waals surface area (Å²) in [6.07, 6.45) is 2.98. The van der Waals surface area contributed by atoms with Crippen molar-refractivity contribution in [1.29, 1.82) is 0 Å². The number of hydrogen-bond acceptors (Lipinski definition) is 5. The summed E-state index contributed by atoms with van der Waals surface area (Å²) in [5, 5.41) is 13.9. The Morgan fingerprint density at radius 1 is 1.29 bits per heavy atom. The smallest absolute Gasteiger partial charge is 0.251 e. The third kappa shape index (κ3) is 5.82. The first-order valence-corrected chi connectivity index (χ1v) is 8.28. The fraction of sp³-hybridized carbons (Fsp3) is 0.385. The third-order valence-corrected chi connectivity index (χ3v) is 3.95. The van der Waals surface area contributed by atoms with E-state index in [0.29, 0.717) is 31.4 Å². The summed E-state index contributed by atoms with van der Waals surface area (Å²) in [5.74, 6) is -0.100. The van der Waals surface area contributed by atoms with Gasteiger partial charge >= 0.3 is 0 Å². The van der Waals surface area contributed by atoms with Crippen LogP contribution in [0.15, 0.2) is 34.3 Å². The summed E-state index contributed by atoms with van der Waals surface area (Å²) in [5.41, 5.74) is 5.72. The van der Waals surface area contributed by atoms with Gasteiger partial charge in [-0.2, -0.15) is 0 Å². The van der Waals surface area contributed by atoms with Crippen molar-refractivity contribution in [3.8, 4) is 0 Å². The van der Waals surface area contributed by atoms with Crippen molar-refractivity contribution in [3.63, 3.8) is 0 Å². The van der Waals surface area contributed by atoms with Gasteiger partial charge in [0.2, 0.25) is 0 Å². The van der Waals surface area contributed by atoms with Crippen LogP contribution in [0.3, 0.4) is 0 Å². The van der Waals surface area contributed by atoms with Crippen LogP contribution in [-0.2, 0) is 9.84 Å². The Morgan fingerprint density at radius 2 is 1.90 bits per heavy atom. The molecule has 0 aliphatic rings. The number of nitrogens with two attached hydrogens (primary N) is 1. The second kappa shape index (κ2) is 7.63. The maximum absolute atomic E-state index is 11.8. The number of amides is 1. The Balaban J connectivity index is 2.42. The van der Waals surface area contributed by atoms with Crippen LogP contribution in [0, 0.1) is 0 Å². The Labute approximate surface area is 123 Å². The first-order valence-electron chi connectivity index (χ1n) is 6.39. The van der Waals surface area contributed by atoms with Crippen molar-refractivity contribution in [2.24, 2.45) is 10.9 Å². The number of sulfone groups is 1. The van der Waals surface area contributed by atoms with Gasteiger partial charge in [-0.1, -0.05) is 5.16 Å². The zero-order chi connectivity index (χ0) is 15.9. The van der Waals surface area contributed by atoms with Crippen LogP contribution in [0.2, 0.25) is 0 Å². The molecular formula is C13H19N3O4S. The lowest BCUT2D eigenvalue weighted by molar-refractivity contribution is 0.0953. The summed E-state index contributed by atoms with van der Waals surface area (Å²) in [6, 6.07) is 5.76. The van der Waals surface area contributed by atoms with E-state index in [2.05, 4.69) is 10.5 Å². The summed E-state index contributed by atoms with van der Waals surface area (Å²) < 4.78 is 22.6. The highest BCUT2D eigenvalue weighted by atomic mass is 32.2. The minimum atomic E-state index is -3.26. The number of carbonyl (C=O) groups is 1. The number of oxime groups is 1. The number of rotatable bonds is 7. The first kappa shape index (κ1) is 17.0. The van der Waals surface area contributed by atoms with E-state index in [4.69, 9.17) is 10.9 Å². The molecule has 116 valence electrons. The molecule has 0 saturated carbocycles. The Bertz CT molecular complexity index is 609. The topological polar surface area (TPSA) is 122 Å². The van der Waals surface area contributed by atoms with Crippen LogP contribution in [0.4, 0.5) is 0 Å². The molecule has 21 heavy (non-hydrogen) atoms. The summed E-state index contributed by atoms with van der Waals surface area (Å²) in [4.78, 5) is 12.0. The van der Waals surface area contributed by atoms with E-state index < -0.39 is 9.84 Å².